The zero-order valence-corrected chi connectivity index (χ0v) is 14.5. The number of nitrogens with zero attached hydrogens (tertiary/aromatic N) is 3. The van der Waals surface area contributed by atoms with Gasteiger partial charge in [-0.05, 0) is 48.9 Å². The van der Waals surface area contributed by atoms with Crippen LogP contribution in [0, 0.1) is 0 Å². The Morgan fingerprint density at radius 1 is 0.808 bits per heavy atom. The number of benzene rings is 2. The summed E-state index contributed by atoms with van der Waals surface area (Å²) in [6.45, 7) is 3.04. The number of para-hydroxylation sites is 1. The van der Waals surface area contributed by atoms with E-state index < -0.39 is 0 Å². The van der Waals surface area contributed by atoms with E-state index in [9.17, 15) is 0 Å². The highest BCUT2D eigenvalue weighted by molar-refractivity contribution is 5.80. The minimum absolute atomic E-state index is 0.560. The van der Waals surface area contributed by atoms with Crippen molar-refractivity contribution >= 4 is 11.0 Å². The molecule has 130 valence electrons. The predicted molar refractivity (Wildman–Crippen MR) is 101 cm³/mol. The normalized spacial score (nSPS) is 10.8. The second-order valence-electron chi connectivity index (χ2n) is 5.91. The molecule has 2 heterocycles. The van der Waals surface area contributed by atoms with Gasteiger partial charge in [0.25, 0.3) is 0 Å². The molecular weight excluding hydrogens is 326 g/mol. The van der Waals surface area contributed by atoms with E-state index in [1.807, 2.05) is 66.9 Å². The molecule has 0 aliphatic carbocycles. The highest BCUT2D eigenvalue weighted by Gasteiger charge is 2.11. The lowest BCUT2D eigenvalue weighted by molar-refractivity contribution is 0.457. The SMILES string of the molecule is CCCn1ccc2ncnc(Oc3ccc(Oc4ccccc4)cc3)c21. The van der Waals surface area contributed by atoms with Gasteiger partial charge < -0.3 is 14.0 Å². The van der Waals surface area contributed by atoms with Crippen LogP contribution in [-0.4, -0.2) is 14.5 Å². The van der Waals surface area contributed by atoms with E-state index in [-0.39, 0.29) is 0 Å². The third-order valence-corrected chi connectivity index (χ3v) is 4.00. The Balaban J connectivity index is 1.56. The van der Waals surface area contributed by atoms with Crippen molar-refractivity contribution in [2.75, 3.05) is 0 Å². The van der Waals surface area contributed by atoms with E-state index in [0.717, 1.165) is 35.5 Å². The predicted octanol–water partition coefficient (Wildman–Crippen LogP) is 5.43. The first-order valence-corrected chi connectivity index (χ1v) is 8.64. The standard InChI is InChI=1S/C21H19N3O2/c1-2-13-24-14-12-19-20(24)21(23-15-22-19)26-18-10-8-17(9-11-18)25-16-6-4-3-5-7-16/h3-12,14-15H,2,13H2,1H3. The van der Waals surface area contributed by atoms with Gasteiger partial charge in [0.1, 0.15) is 29.1 Å². The summed E-state index contributed by atoms with van der Waals surface area (Å²) in [4.78, 5) is 8.64. The molecule has 0 amide bonds. The van der Waals surface area contributed by atoms with Gasteiger partial charge in [-0.1, -0.05) is 25.1 Å². The minimum Gasteiger partial charge on any atom is -0.457 e. The minimum atomic E-state index is 0.560. The summed E-state index contributed by atoms with van der Waals surface area (Å²) in [6.07, 6.45) is 4.58. The number of hydrogen-bond donors (Lipinski definition) is 0. The van der Waals surface area contributed by atoms with E-state index in [0.29, 0.717) is 11.6 Å². The van der Waals surface area contributed by atoms with Crippen molar-refractivity contribution in [1.29, 1.82) is 0 Å². The Bertz CT molecular complexity index is 995. The quantitative estimate of drug-likeness (QED) is 0.468. The second kappa shape index (κ2) is 7.27. The molecule has 26 heavy (non-hydrogen) atoms. The zero-order chi connectivity index (χ0) is 17.8. The van der Waals surface area contributed by atoms with Gasteiger partial charge >= 0.3 is 0 Å². The van der Waals surface area contributed by atoms with Crippen molar-refractivity contribution in [3.63, 3.8) is 0 Å². The molecule has 0 unspecified atom stereocenters. The monoisotopic (exact) mass is 345 g/mol. The molecule has 2 aromatic carbocycles. The van der Waals surface area contributed by atoms with E-state index >= 15 is 0 Å². The van der Waals surface area contributed by atoms with Crippen LogP contribution in [0.15, 0.2) is 73.2 Å². The molecule has 4 aromatic rings. The summed E-state index contributed by atoms with van der Waals surface area (Å²) >= 11 is 0. The molecule has 0 radical (unpaired) electrons. The molecule has 2 aromatic heterocycles. The van der Waals surface area contributed by atoms with Crippen LogP contribution in [0.25, 0.3) is 11.0 Å². The third kappa shape index (κ3) is 3.37. The van der Waals surface area contributed by atoms with E-state index in [1.165, 1.54) is 6.33 Å². The smallest absolute Gasteiger partial charge is 0.247 e. The summed E-state index contributed by atoms with van der Waals surface area (Å²) in [7, 11) is 0. The van der Waals surface area contributed by atoms with Gasteiger partial charge in [-0.15, -0.1) is 0 Å². The van der Waals surface area contributed by atoms with E-state index in [4.69, 9.17) is 9.47 Å². The molecule has 0 fully saturated rings. The fourth-order valence-electron chi connectivity index (χ4n) is 2.82. The van der Waals surface area contributed by atoms with Crippen LogP contribution in [0.4, 0.5) is 0 Å². The van der Waals surface area contributed by atoms with Crippen molar-refractivity contribution in [2.24, 2.45) is 0 Å². The van der Waals surface area contributed by atoms with Crippen LogP contribution in [0.2, 0.25) is 0 Å². The molecule has 5 nitrogen and oxygen atoms in total. The van der Waals surface area contributed by atoms with Gasteiger partial charge in [-0.25, -0.2) is 4.98 Å². The Kier molecular flexibility index (Phi) is 4.51. The second-order valence-corrected chi connectivity index (χ2v) is 5.91. The average Bonchev–Trinajstić information content (AvgIpc) is 3.09. The molecule has 0 atom stereocenters. The lowest BCUT2D eigenvalue weighted by Crippen LogP contribution is -1.98. The summed E-state index contributed by atoms with van der Waals surface area (Å²) in [5.41, 5.74) is 1.80. The summed E-state index contributed by atoms with van der Waals surface area (Å²) in [6, 6.07) is 19.2. The fraction of sp³-hybridized carbons (Fsp3) is 0.143. The van der Waals surface area contributed by atoms with Crippen LogP contribution in [0.1, 0.15) is 13.3 Å². The summed E-state index contributed by atoms with van der Waals surface area (Å²) < 4.78 is 13.9. The average molecular weight is 345 g/mol. The van der Waals surface area contributed by atoms with Gasteiger partial charge in [0, 0.05) is 12.7 Å². The first kappa shape index (κ1) is 16.1. The highest BCUT2D eigenvalue weighted by Crippen LogP contribution is 2.29. The van der Waals surface area contributed by atoms with Gasteiger partial charge in [0.05, 0.1) is 5.52 Å². The van der Waals surface area contributed by atoms with E-state index in [1.54, 1.807) is 0 Å². The molecule has 0 bridgehead atoms. The maximum Gasteiger partial charge on any atom is 0.247 e. The zero-order valence-electron chi connectivity index (χ0n) is 14.5. The molecule has 0 aliphatic rings. The molecule has 0 aliphatic heterocycles. The Labute approximate surface area is 151 Å². The Morgan fingerprint density at radius 2 is 1.50 bits per heavy atom. The number of ether oxygens (including phenoxy) is 2. The van der Waals surface area contributed by atoms with E-state index in [2.05, 4.69) is 21.5 Å². The maximum absolute atomic E-state index is 6.01. The number of fused-ring (bicyclic) bond motifs is 1. The molecule has 4 rings (SSSR count). The van der Waals surface area contributed by atoms with Gasteiger partial charge in [-0.3, -0.25) is 0 Å². The molecular formula is C21H19N3O2. The first-order valence-electron chi connectivity index (χ1n) is 8.64. The van der Waals surface area contributed by atoms with Gasteiger partial charge in [0.15, 0.2) is 0 Å². The third-order valence-electron chi connectivity index (χ3n) is 4.00. The summed E-state index contributed by atoms with van der Waals surface area (Å²) in [5, 5.41) is 0. The van der Waals surface area contributed by atoms with Gasteiger partial charge in [0.2, 0.25) is 5.88 Å². The van der Waals surface area contributed by atoms with Crippen LogP contribution < -0.4 is 9.47 Å². The van der Waals surface area contributed by atoms with Crippen molar-refractivity contribution < 1.29 is 9.47 Å². The largest absolute Gasteiger partial charge is 0.457 e. The molecule has 0 saturated carbocycles. The number of hydrogen-bond acceptors (Lipinski definition) is 4. The molecule has 0 saturated heterocycles. The van der Waals surface area contributed by atoms with Crippen LogP contribution in [-0.2, 0) is 6.54 Å². The lowest BCUT2D eigenvalue weighted by atomic mass is 10.3. The molecule has 5 heteroatoms. The topological polar surface area (TPSA) is 49.2 Å². The Morgan fingerprint density at radius 3 is 2.23 bits per heavy atom. The fourth-order valence-corrected chi connectivity index (χ4v) is 2.82. The molecule has 0 spiro atoms. The van der Waals surface area contributed by atoms with Crippen molar-refractivity contribution in [1.82, 2.24) is 14.5 Å². The maximum atomic E-state index is 6.01. The Hall–Kier alpha value is -3.34. The lowest BCUT2D eigenvalue weighted by Gasteiger charge is -2.10. The first-order chi connectivity index (χ1) is 12.8. The van der Waals surface area contributed by atoms with Gasteiger partial charge in [-0.2, -0.15) is 4.98 Å². The van der Waals surface area contributed by atoms with Crippen LogP contribution in [0.3, 0.4) is 0 Å². The number of aryl methyl sites for hydroxylation is 1. The number of rotatable bonds is 6. The van der Waals surface area contributed by atoms with Crippen LogP contribution >= 0.6 is 0 Å². The van der Waals surface area contributed by atoms with Crippen molar-refractivity contribution in [2.45, 2.75) is 19.9 Å². The van der Waals surface area contributed by atoms with Crippen molar-refractivity contribution in [3.05, 3.63) is 73.2 Å². The number of aromatic nitrogens is 3. The highest BCUT2D eigenvalue weighted by atomic mass is 16.5. The molecule has 0 N–H and O–H groups in total. The van der Waals surface area contributed by atoms with Crippen molar-refractivity contribution in [3.8, 4) is 23.1 Å². The summed E-state index contributed by atoms with van der Waals surface area (Å²) in [5.74, 6) is 2.82. The van der Waals surface area contributed by atoms with Crippen LogP contribution in [0.5, 0.6) is 23.1 Å².